The van der Waals surface area contributed by atoms with Gasteiger partial charge in [-0.3, -0.25) is 4.79 Å². The highest BCUT2D eigenvalue weighted by Gasteiger charge is 2.37. The lowest BCUT2D eigenvalue weighted by Gasteiger charge is -2.27. The van der Waals surface area contributed by atoms with Crippen LogP contribution < -0.4 is 20.9 Å². The molecule has 2 aliphatic rings. The van der Waals surface area contributed by atoms with Crippen molar-refractivity contribution in [3.8, 4) is 11.5 Å². The standard InChI is InChI=1S/C21H23N7O3/c1-3-22-20-23-11-16-17(24-20)27-9-5-8-15(27)12-28(19(16)29)14-7-4-6-13(10-14)18-25-26(2)21(30)31-18/h4,6-7,10-11,15H,3,5,8-9,12H2,1-2H3,(H,22,23,24)/t15-/m0/s1. The number of carbonyl (C=O) groups excluding carboxylic acids is 1. The summed E-state index contributed by atoms with van der Waals surface area (Å²) in [7, 11) is 1.53. The zero-order chi connectivity index (χ0) is 21.5. The van der Waals surface area contributed by atoms with Crippen LogP contribution in [-0.4, -0.2) is 51.3 Å². The fourth-order valence-corrected chi connectivity index (χ4v) is 4.22. The number of amides is 1. The number of aromatic nitrogens is 4. The third kappa shape index (κ3) is 3.33. The number of carbonyl (C=O) groups is 1. The molecule has 3 aromatic rings. The summed E-state index contributed by atoms with van der Waals surface area (Å²) in [6.45, 7) is 4.10. The Morgan fingerprint density at radius 2 is 2.16 bits per heavy atom. The van der Waals surface area contributed by atoms with Crippen LogP contribution in [0.3, 0.4) is 0 Å². The van der Waals surface area contributed by atoms with E-state index in [0.29, 0.717) is 41.7 Å². The molecule has 4 heterocycles. The first-order chi connectivity index (χ1) is 15.0. The Hall–Kier alpha value is -3.69. The third-order valence-electron chi connectivity index (χ3n) is 5.72. The number of hydrogen-bond acceptors (Lipinski definition) is 8. The van der Waals surface area contributed by atoms with Crippen LogP contribution in [-0.2, 0) is 7.05 Å². The maximum atomic E-state index is 13.5. The van der Waals surface area contributed by atoms with Gasteiger partial charge in [0, 0.05) is 50.2 Å². The fraction of sp³-hybridized carbons (Fsp3) is 0.381. The lowest BCUT2D eigenvalue weighted by Crippen LogP contribution is -2.39. The molecule has 0 unspecified atom stereocenters. The maximum Gasteiger partial charge on any atom is 0.437 e. The van der Waals surface area contributed by atoms with Gasteiger partial charge < -0.3 is 19.5 Å². The maximum absolute atomic E-state index is 13.5. The predicted octanol–water partition coefficient (Wildman–Crippen LogP) is 1.89. The number of benzene rings is 1. The van der Waals surface area contributed by atoms with Crippen LogP contribution >= 0.6 is 0 Å². The summed E-state index contributed by atoms with van der Waals surface area (Å²) in [5, 5.41) is 7.25. The van der Waals surface area contributed by atoms with Crippen molar-refractivity contribution < 1.29 is 9.21 Å². The van der Waals surface area contributed by atoms with Gasteiger partial charge in [0.05, 0.1) is 0 Å². The highest BCUT2D eigenvalue weighted by atomic mass is 16.4. The third-order valence-corrected chi connectivity index (χ3v) is 5.72. The second-order valence-electron chi connectivity index (χ2n) is 7.71. The van der Waals surface area contributed by atoms with Gasteiger partial charge in [-0.1, -0.05) is 6.07 Å². The van der Waals surface area contributed by atoms with Gasteiger partial charge in [-0.05, 0) is 38.0 Å². The van der Waals surface area contributed by atoms with Crippen molar-refractivity contribution in [2.24, 2.45) is 7.05 Å². The van der Waals surface area contributed by atoms with Crippen LogP contribution in [0.15, 0.2) is 39.7 Å². The minimum absolute atomic E-state index is 0.146. The molecule has 160 valence electrons. The van der Waals surface area contributed by atoms with Gasteiger partial charge in [-0.25, -0.2) is 9.78 Å². The normalized spacial score (nSPS) is 18.0. The van der Waals surface area contributed by atoms with Gasteiger partial charge in [0.2, 0.25) is 11.8 Å². The molecule has 2 aromatic heterocycles. The molecule has 1 fully saturated rings. The Morgan fingerprint density at radius 1 is 1.29 bits per heavy atom. The topological polar surface area (TPSA) is 109 Å². The first-order valence-electron chi connectivity index (χ1n) is 10.4. The molecule has 0 aliphatic carbocycles. The van der Waals surface area contributed by atoms with E-state index in [1.54, 1.807) is 17.2 Å². The van der Waals surface area contributed by atoms with Gasteiger partial charge in [0.25, 0.3) is 5.91 Å². The number of hydrogen-bond donors (Lipinski definition) is 1. The van der Waals surface area contributed by atoms with Gasteiger partial charge in [-0.15, -0.1) is 5.10 Å². The van der Waals surface area contributed by atoms with Gasteiger partial charge in [-0.2, -0.15) is 9.67 Å². The van der Waals surface area contributed by atoms with E-state index in [-0.39, 0.29) is 17.8 Å². The largest absolute Gasteiger partial charge is 0.437 e. The van der Waals surface area contributed by atoms with E-state index in [1.807, 2.05) is 25.1 Å². The van der Waals surface area contributed by atoms with Crippen molar-refractivity contribution in [3.05, 3.63) is 46.6 Å². The molecular weight excluding hydrogens is 398 g/mol. The first kappa shape index (κ1) is 19.3. The molecule has 1 amide bonds. The van der Waals surface area contributed by atoms with Crippen molar-refractivity contribution in [2.75, 3.05) is 34.8 Å². The molecule has 31 heavy (non-hydrogen) atoms. The number of aryl methyl sites for hydroxylation is 1. The minimum atomic E-state index is -0.532. The SMILES string of the molecule is CCNc1ncc2c(n1)N1CCC[C@H]1CN(c1cccc(-c3nn(C)c(=O)o3)c1)C2=O. The second kappa shape index (κ2) is 7.53. The first-order valence-corrected chi connectivity index (χ1v) is 10.4. The van der Waals surface area contributed by atoms with E-state index in [4.69, 9.17) is 4.42 Å². The molecule has 10 heteroatoms. The van der Waals surface area contributed by atoms with Crippen LogP contribution in [0.1, 0.15) is 30.1 Å². The average molecular weight is 421 g/mol. The van der Waals surface area contributed by atoms with Gasteiger partial charge in [0.15, 0.2) is 0 Å². The Labute approximate surface area is 178 Å². The predicted molar refractivity (Wildman–Crippen MR) is 115 cm³/mol. The molecule has 1 atom stereocenters. The van der Waals surface area contributed by atoms with Crippen LogP contribution in [0.4, 0.5) is 17.5 Å². The molecule has 1 saturated heterocycles. The van der Waals surface area contributed by atoms with Crippen LogP contribution in [0.2, 0.25) is 0 Å². The minimum Gasteiger partial charge on any atom is -0.388 e. The Morgan fingerprint density at radius 3 is 2.94 bits per heavy atom. The van der Waals surface area contributed by atoms with Gasteiger partial charge >= 0.3 is 5.76 Å². The van der Waals surface area contributed by atoms with Crippen molar-refractivity contribution in [1.82, 2.24) is 19.7 Å². The number of fused-ring (bicyclic) bond motifs is 3. The summed E-state index contributed by atoms with van der Waals surface area (Å²) < 4.78 is 6.36. The Kier molecular flexibility index (Phi) is 4.68. The Balaban J connectivity index is 1.56. The molecule has 2 aliphatic heterocycles. The van der Waals surface area contributed by atoms with Crippen molar-refractivity contribution in [3.63, 3.8) is 0 Å². The van der Waals surface area contributed by atoms with Gasteiger partial charge in [0.1, 0.15) is 11.4 Å². The molecule has 0 saturated carbocycles. The second-order valence-corrected chi connectivity index (χ2v) is 7.71. The zero-order valence-electron chi connectivity index (χ0n) is 17.4. The molecule has 0 radical (unpaired) electrons. The Bertz CT molecular complexity index is 1200. The summed E-state index contributed by atoms with van der Waals surface area (Å²) in [6.07, 6.45) is 3.64. The molecule has 1 aromatic carbocycles. The van der Waals surface area contributed by atoms with E-state index >= 15 is 0 Å². The summed E-state index contributed by atoms with van der Waals surface area (Å²) in [4.78, 5) is 38.2. The lowest BCUT2D eigenvalue weighted by molar-refractivity contribution is 0.0988. The van der Waals surface area contributed by atoms with Crippen molar-refractivity contribution in [2.45, 2.75) is 25.8 Å². The summed E-state index contributed by atoms with van der Waals surface area (Å²) in [6, 6.07) is 7.50. The van der Waals surface area contributed by atoms with Crippen molar-refractivity contribution in [1.29, 1.82) is 0 Å². The molecule has 5 rings (SSSR count). The summed E-state index contributed by atoms with van der Waals surface area (Å²) in [5.41, 5.74) is 1.83. The fourth-order valence-electron chi connectivity index (χ4n) is 4.22. The lowest BCUT2D eigenvalue weighted by atomic mass is 10.1. The number of nitrogens with zero attached hydrogens (tertiary/aromatic N) is 6. The van der Waals surface area contributed by atoms with E-state index in [0.717, 1.165) is 24.1 Å². The molecule has 1 N–H and O–H groups in total. The van der Waals surface area contributed by atoms with E-state index in [2.05, 4.69) is 25.3 Å². The number of nitrogens with one attached hydrogen (secondary N) is 1. The van der Waals surface area contributed by atoms with Crippen LogP contribution in [0.5, 0.6) is 0 Å². The van der Waals surface area contributed by atoms with E-state index in [1.165, 1.54) is 7.05 Å². The highest BCUT2D eigenvalue weighted by molar-refractivity contribution is 6.10. The molecule has 0 spiro atoms. The quantitative estimate of drug-likeness (QED) is 0.680. The van der Waals surface area contributed by atoms with Crippen molar-refractivity contribution >= 4 is 23.4 Å². The zero-order valence-corrected chi connectivity index (χ0v) is 17.4. The summed E-state index contributed by atoms with van der Waals surface area (Å²) >= 11 is 0. The van der Waals surface area contributed by atoms with Crippen LogP contribution in [0.25, 0.3) is 11.5 Å². The van der Waals surface area contributed by atoms with Crippen LogP contribution in [0, 0.1) is 0 Å². The van der Waals surface area contributed by atoms with E-state index in [9.17, 15) is 9.59 Å². The molecule has 0 bridgehead atoms. The van der Waals surface area contributed by atoms with E-state index < -0.39 is 5.76 Å². The molecular formula is C21H23N7O3. The molecule has 10 nitrogen and oxygen atoms in total. The monoisotopic (exact) mass is 421 g/mol. The number of anilines is 3. The summed E-state index contributed by atoms with van der Waals surface area (Å²) in [5.74, 6) is 0.758. The average Bonchev–Trinajstić information content (AvgIpc) is 3.35. The smallest absolute Gasteiger partial charge is 0.388 e. The number of rotatable bonds is 4. The highest BCUT2D eigenvalue weighted by Crippen LogP contribution is 2.34.